The Labute approximate surface area is 104 Å². The molecule has 0 aliphatic heterocycles. The summed E-state index contributed by atoms with van der Waals surface area (Å²) in [4.78, 5) is 10.3. The third-order valence-electron chi connectivity index (χ3n) is 2.11. The minimum atomic E-state index is -0.495. The molecule has 0 aliphatic carbocycles. The summed E-state index contributed by atoms with van der Waals surface area (Å²) in [5.74, 6) is 0.158. The fraction of sp³-hybridized carbons (Fsp3) is 0.273. The van der Waals surface area contributed by atoms with Gasteiger partial charge in [0.1, 0.15) is 0 Å². The number of rotatable bonds is 5. The summed E-state index contributed by atoms with van der Waals surface area (Å²) in [6, 6.07) is 2.84. The fourth-order valence-corrected chi connectivity index (χ4v) is 1.51. The lowest BCUT2D eigenvalue weighted by atomic mass is 10.1. The van der Waals surface area contributed by atoms with Crippen LogP contribution in [0.1, 0.15) is 5.56 Å². The predicted molar refractivity (Wildman–Crippen MR) is 67.6 cm³/mol. The van der Waals surface area contributed by atoms with E-state index in [1.165, 1.54) is 19.2 Å². The average Bonchev–Trinajstić information content (AvgIpc) is 2.30. The quantitative estimate of drug-likeness (QED) is 0.649. The first kappa shape index (κ1) is 13.5. The summed E-state index contributed by atoms with van der Waals surface area (Å²) in [6.07, 6.45) is 3.56. The van der Waals surface area contributed by atoms with Gasteiger partial charge in [0, 0.05) is 18.7 Å². The van der Waals surface area contributed by atoms with Crippen LogP contribution in [0.3, 0.4) is 0 Å². The number of nitro benzene ring substituents is 1. The molecule has 0 atom stereocenters. The molecular weight excluding hydrogens is 244 g/mol. The van der Waals surface area contributed by atoms with Crippen molar-refractivity contribution in [3.63, 3.8) is 0 Å². The van der Waals surface area contributed by atoms with Gasteiger partial charge in [0.25, 0.3) is 0 Å². The normalized spacial score (nSPS) is 10.8. The van der Waals surface area contributed by atoms with Crippen molar-refractivity contribution < 1.29 is 9.66 Å². The molecule has 0 fully saturated rings. The zero-order chi connectivity index (χ0) is 12.8. The number of nitro groups is 1. The van der Waals surface area contributed by atoms with E-state index in [9.17, 15) is 10.1 Å². The third kappa shape index (κ3) is 3.44. The van der Waals surface area contributed by atoms with Crippen molar-refractivity contribution in [2.24, 2.45) is 0 Å². The number of nitrogens with zero attached hydrogens (tertiary/aromatic N) is 1. The van der Waals surface area contributed by atoms with Crippen LogP contribution in [0, 0.1) is 10.1 Å². The van der Waals surface area contributed by atoms with Gasteiger partial charge in [0.15, 0.2) is 5.75 Å². The Morgan fingerprint density at radius 2 is 2.29 bits per heavy atom. The highest BCUT2D eigenvalue weighted by atomic mass is 35.5. The zero-order valence-electron chi connectivity index (χ0n) is 9.57. The molecule has 1 rings (SSSR count). The topological polar surface area (TPSA) is 64.4 Å². The molecule has 0 aromatic heterocycles. The minimum Gasteiger partial charge on any atom is -0.490 e. The predicted octanol–water partition coefficient (Wildman–Crippen LogP) is 2.49. The van der Waals surface area contributed by atoms with E-state index >= 15 is 0 Å². The highest BCUT2D eigenvalue weighted by Gasteiger charge is 2.17. The van der Waals surface area contributed by atoms with Crippen LogP contribution in [0.25, 0.3) is 6.08 Å². The van der Waals surface area contributed by atoms with Crippen LogP contribution >= 0.6 is 11.6 Å². The van der Waals surface area contributed by atoms with Gasteiger partial charge in [-0.1, -0.05) is 23.8 Å². The number of ether oxygens (including phenoxy) is 1. The second-order valence-corrected chi connectivity index (χ2v) is 3.67. The lowest BCUT2D eigenvalue weighted by molar-refractivity contribution is -0.385. The van der Waals surface area contributed by atoms with Gasteiger partial charge in [-0.3, -0.25) is 10.1 Å². The summed E-state index contributed by atoms with van der Waals surface area (Å²) in [7, 11) is 3.18. The van der Waals surface area contributed by atoms with Crippen molar-refractivity contribution in [3.05, 3.63) is 38.9 Å². The first-order chi connectivity index (χ1) is 8.10. The van der Waals surface area contributed by atoms with E-state index in [-0.39, 0.29) is 11.4 Å². The molecule has 92 valence electrons. The van der Waals surface area contributed by atoms with E-state index in [0.717, 1.165) is 0 Å². The van der Waals surface area contributed by atoms with E-state index in [0.29, 0.717) is 17.1 Å². The monoisotopic (exact) mass is 256 g/mol. The largest absolute Gasteiger partial charge is 0.490 e. The standard InChI is InChI=1S/C11H13ClN2O3/c1-13-5-3-4-8-6-10(14(15)16)11(17-2)7-9(8)12/h3-4,6-7,13H,5H2,1-2H3. The van der Waals surface area contributed by atoms with E-state index in [1.54, 1.807) is 6.08 Å². The Bertz CT molecular complexity index is 447. The second-order valence-electron chi connectivity index (χ2n) is 3.26. The number of halogens is 1. The maximum absolute atomic E-state index is 10.8. The Morgan fingerprint density at radius 1 is 1.59 bits per heavy atom. The molecule has 0 spiro atoms. The molecule has 1 aromatic rings. The highest BCUT2D eigenvalue weighted by Crippen LogP contribution is 2.33. The zero-order valence-corrected chi connectivity index (χ0v) is 10.3. The van der Waals surface area contributed by atoms with Crippen molar-refractivity contribution in [1.29, 1.82) is 0 Å². The summed E-state index contributed by atoms with van der Waals surface area (Å²) >= 11 is 5.99. The molecule has 0 radical (unpaired) electrons. The summed E-state index contributed by atoms with van der Waals surface area (Å²) in [6.45, 7) is 0.663. The number of likely N-dealkylation sites (N-methyl/N-ethyl adjacent to an activating group) is 1. The van der Waals surface area contributed by atoms with Crippen molar-refractivity contribution >= 4 is 23.4 Å². The summed E-state index contributed by atoms with van der Waals surface area (Å²) in [5, 5.41) is 14.2. The first-order valence-electron chi connectivity index (χ1n) is 4.93. The van der Waals surface area contributed by atoms with Crippen molar-refractivity contribution in [1.82, 2.24) is 5.32 Å². The summed E-state index contributed by atoms with van der Waals surface area (Å²) < 4.78 is 4.91. The smallest absolute Gasteiger partial charge is 0.311 e. The van der Waals surface area contributed by atoms with E-state index in [4.69, 9.17) is 16.3 Å². The maximum Gasteiger partial charge on any atom is 0.311 e. The maximum atomic E-state index is 10.8. The molecule has 5 nitrogen and oxygen atoms in total. The third-order valence-corrected chi connectivity index (χ3v) is 2.44. The van der Waals surface area contributed by atoms with E-state index in [2.05, 4.69) is 5.32 Å². The van der Waals surface area contributed by atoms with Crippen LogP contribution in [0.4, 0.5) is 5.69 Å². The number of methoxy groups -OCH3 is 1. The first-order valence-corrected chi connectivity index (χ1v) is 5.31. The molecule has 0 aliphatic rings. The van der Waals surface area contributed by atoms with Crippen LogP contribution in [0.15, 0.2) is 18.2 Å². The van der Waals surface area contributed by atoms with Crippen LogP contribution < -0.4 is 10.1 Å². The van der Waals surface area contributed by atoms with Crippen LogP contribution in [-0.2, 0) is 0 Å². The highest BCUT2D eigenvalue weighted by molar-refractivity contribution is 6.32. The van der Waals surface area contributed by atoms with E-state index in [1.807, 2.05) is 13.1 Å². The molecular formula is C11H13ClN2O3. The molecule has 6 heteroatoms. The van der Waals surface area contributed by atoms with Gasteiger partial charge in [0.2, 0.25) is 0 Å². The molecule has 17 heavy (non-hydrogen) atoms. The van der Waals surface area contributed by atoms with Gasteiger partial charge < -0.3 is 10.1 Å². The van der Waals surface area contributed by atoms with Gasteiger partial charge in [-0.05, 0) is 12.6 Å². The number of nitrogens with one attached hydrogen (secondary N) is 1. The van der Waals surface area contributed by atoms with Crippen molar-refractivity contribution in [2.45, 2.75) is 0 Å². The Morgan fingerprint density at radius 3 is 2.82 bits per heavy atom. The minimum absolute atomic E-state index is 0.0963. The van der Waals surface area contributed by atoms with Gasteiger partial charge in [0.05, 0.1) is 17.1 Å². The molecule has 0 saturated carbocycles. The molecule has 0 saturated heterocycles. The van der Waals surface area contributed by atoms with E-state index < -0.39 is 4.92 Å². The lowest BCUT2D eigenvalue weighted by Crippen LogP contribution is -2.03. The Kier molecular flexibility index (Phi) is 4.93. The van der Waals surface area contributed by atoms with Crippen LogP contribution in [0.5, 0.6) is 5.75 Å². The molecule has 0 unspecified atom stereocenters. The Hall–Kier alpha value is -1.59. The lowest BCUT2D eigenvalue weighted by Gasteiger charge is -2.04. The molecule has 1 N–H and O–H groups in total. The van der Waals surface area contributed by atoms with Gasteiger partial charge in [-0.15, -0.1) is 0 Å². The molecule has 1 aromatic carbocycles. The fourth-order valence-electron chi connectivity index (χ4n) is 1.30. The van der Waals surface area contributed by atoms with Gasteiger partial charge in [-0.25, -0.2) is 0 Å². The van der Waals surface area contributed by atoms with Crippen molar-refractivity contribution in [3.8, 4) is 5.75 Å². The molecule has 0 bridgehead atoms. The van der Waals surface area contributed by atoms with Crippen LogP contribution in [0.2, 0.25) is 5.02 Å². The van der Waals surface area contributed by atoms with Gasteiger partial charge >= 0.3 is 5.69 Å². The summed E-state index contributed by atoms with van der Waals surface area (Å²) in [5.41, 5.74) is 0.496. The molecule has 0 amide bonds. The van der Waals surface area contributed by atoms with Gasteiger partial charge in [-0.2, -0.15) is 0 Å². The molecule has 0 heterocycles. The van der Waals surface area contributed by atoms with Crippen LogP contribution in [-0.4, -0.2) is 25.6 Å². The number of hydrogen-bond acceptors (Lipinski definition) is 4. The number of hydrogen-bond donors (Lipinski definition) is 1. The Balaban J connectivity index is 3.15. The average molecular weight is 257 g/mol. The SMILES string of the molecule is CNCC=Cc1cc([N+](=O)[O-])c(OC)cc1Cl. The second kappa shape index (κ2) is 6.22. The van der Waals surface area contributed by atoms with Crippen molar-refractivity contribution in [2.75, 3.05) is 20.7 Å². The number of benzene rings is 1.